The highest BCUT2D eigenvalue weighted by atomic mass is 35.5. The van der Waals surface area contributed by atoms with Crippen molar-refractivity contribution in [2.24, 2.45) is 0 Å². The fourth-order valence-electron chi connectivity index (χ4n) is 2.26. The van der Waals surface area contributed by atoms with E-state index in [-0.39, 0.29) is 31.2 Å². The summed E-state index contributed by atoms with van der Waals surface area (Å²) in [5.41, 5.74) is 0.591. The summed E-state index contributed by atoms with van der Waals surface area (Å²) in [5.74, 6) is 0.716. The Labute approximate surface area is 159 Å². The Morgan fingerprint density at radius 2 is 2.15 bits per heavy atom. The van der Waals surface area contributed by atoms with Crippen LogP contribution in [0.15, 0.2) is 47.8 Å². The van der Waals surface area contributed by atoms with Crippen LogP contribution >= 0.6 is 11.6 Å². The van der Waals surface area contributed by atoms with Gasteiger partial charge in [0.1, 0.15) is 18.4 Å². The van der Waals surface area contributed by atoms with Crippen LogP contribution in [0.25, 0.3) is 5.82 Å². The van der Waals surface area contributed by atoms with Crippen molar-refractivity contribution in [2.75, 3.05) is 13.2 Å². The molecule has 1 aromatic carbocycles. The summed E-state index contributed by atoms with van der Waals surface area (Å²) in [6.45, 7) is 2.17. The Bertz CT molecular complexity index is 987. The molecular formula is C17H17ClN6O3. The lowest BCUT2D eigenvalue weighted by molar-refractivity contribution is -0.123. The number of aryl methyl sites for hydroxylation is 1. The third kappa shape index (κ3) is 4.91. The van der Waals surface area contributed by atoms with Crippen molar-refractivity contribution in [1.29, 1.82) is 0 Å². The van der Waals surface area contributed by atoms with Gasteiger partial charge in [0.15, 0.2) is 12.4 Å². The van der Waals surface area contributed by atoms with Gasteiger partial charge in [-0.2, -0.15) is 5.10 Å². The molecule has 9 nitrogen and oxygen atoms in total. The molecule has 0 aliphatic rings. The van der Waals surface area contributed by atoms with E-state index in [1.165, 1.54) is 28.1 Å². The average Bonchev–Trinajstić information content (AvgIpc) is 3.19. The molecule has 0 aliphatic carbocycles. The fraction of sp³-hybridized carbons (Fsp3) is 0.235. The number of nitrogens with one attached hydrogen (secondary N) is 1. The summed E-state index contributed by atoms with van der Waals surface area (Å²) in [4.78, 5) is 27.6. The Hall–Kier alpha value is -3.20. The summed E-state index contributed by atoms with van der Waals surface area (Å²) in [5, 5.41) is 11.5. The number of hydrogen-bond donors (Lipinski definition) is 1. The van der Waals surface area contributed by atoms with Crippen molar-refractivity contribution in [3.63, 3.8) is 0 Å². The molecule has 0 saturated heterocycles. The van der Waals surface area contributed by atoms with Crippen molar-refractivity contribution in [2.45, 2.75) is 13.5 Å². The number of aromatic nitrogens is 5. The van der Waals surface area contributed by atoms with Crippen LogP contribution < -0.4 is 15.6 Å². The minimum absolute atomic E-state index is 0.137. The van der Waals surface area contributed by atoms with Gasteiger partial charge in [-0.1, -0.05) is 11.6 Å². The van der Waals surface area contributed by atoms with Gasteiger partial charge in [0.25, 0.3) is 11.5 Å². The maximum Gasteiger partial charge on any atom is 0.266 e. The van der Waals surface area contributed by atoms with Gasteiger partial charge in [0, 0.05) is 17.6 Å². The molecular weight excluding hydrogens is 372 g/mol. The summed E-state index contributed by atoms with van der Waals surface area (Å²) < 4.78 is 8.12. The monoisotopic (exact) mass is 388 g/mol. The highest BCUT2D eigenvalue weighted by Gasteiger charge is 2.06. The Morgan fingerprint density at radius 1 is 1.30 bits per heavy atom. The number of hydrogen-bond acceptors (Lipinski definition) is 6. The third-order valence-corrected chi connectivity index (χ3v) is 4.08. The van der Waals surface area contributed by atoms with E-state index in [1.54, 1.807) is 24.3 Å². The number of ether oxygens (including phenoxy) is 1. The molecule has 0 unspecified atom stereocenters. The predicted molar refractivity (Wildman–Crippen MR) is 98.1 cm³/mol. The molecule has 3 aromatic rings. The number of rotatable bonds is 7. The maximum atomic E-state index is 11.9. The van der Waals surface area contributed by atoms with Crippen LogP contribution in [0.3, 0.4) is 0 Å². The molecule has 0 atom stereocenters. The molecule has 2 heterocycles. The van der Waals surface area contributed by atoms with Crippen LogP contribution in [0, 0.1) is 6.92 Å². The van der Waals surface area contributed by atoms with Crippen LogP contribution in [-0.4, -0.2) is 43.6 Å². The molecule has 0 bridgehead atoms. The molecule has 3 rings (SSSR count). The van der Waals surface area contributed by atoms with Gasteiger partial charge in [0.05, 0.1) is 6.54 Å². The summed E-state index contributed by atoms with van der Waals surface area (Å²) in [7, 11) is 0. The highest BCUT2D eigenvalue weighted by molar-refractivity contribution is 6.31. The first-order valence-electron chi connectivity index (χ1n) is 8.12. The van der Waals surface area contributed by atoms with Crippen LogP contribution in [0.5, 0.6) is 5.75 Å². The molecule has 1 N–H and O–H groups in total. The van der Waals surface area contributed by atoms with E-state index in [0.717, 1.165) is 5.56 Å². The van der Waals surface area contributed by atoms with Crippen LogP contribution in [0.4, 0.5) is 0 Å². The van der Waals surface area contributed by atoms with Crippen LogP contribution in [0.2, 0.25) is 5.02 Å². The number of amides is 1. The van der Waals surface area contributed by atoms with E-state index in [2.05, 4.69) is 20.5 Å². The number of carbonyl (C=O) groups excluding carboxylic acids is 1. The van der Waals surface area contributed by atoms with E-state index in [4.69, 9.17) is 16.3 Å². The minimum Gasteiger partial charge on any atom is -0.484 e. The van der Waals surface area contributed by atoms with Crippen LogP contribution in [0.1, 0.15) is 5.56 Å². The second-order valence-electron chi connectivity index (χ2n) is 5.64. The third-order valence-electron chi connectivity index (χ3n) is 3.65. The lowest BCUT2D eigenvalue weighted by atomic mass is 10.2. The van der Waals surface area contributed by atoms with Crippen molar-refractivity contribution in [3.8, 4) is 11.6 Å². The lowest BCUT2D eigenvalue weighted by Gasteiger charge is -2.10. The Balaban J connectivity index is 1.50. The van der Waals surface area contributed by atoms with Gasteiger partial charge in [-0.25, -0.2) is 14.3 Å². The van der Waals surface area contributed by atoms with E-state index < -0.39 is 0 Å². The largest absolute Gasteiger partial charge is 0.484 e. The first kappa shape index (κ1) is 18.6. The number of carbonyl (C=O) groups is 1. The Morgan fingerprint density at radius 3 is 2.89 bits per heavy atom. The quantitative estimate of drug-likeness (QED) is 0.647. The topological polar surface area (TPSA) is 104 Å². The van der Waals surface area contributed by atoms with Crippen LogP contribution in [-0.2, 0) is 11.3 Å². The number of nitrogens with zero attached hydrogens (tertiary/aromatic N) is 5. The molecule has 140 valence electrons. The summed E-state index contributed by atoms with van der Waals surface area (Å²) in [6, 6.07) is 8.10. The molecule has 0 spiro atoms. The zero-order valence-electron chi connectivity index (χ0n) is 14.5. The summed E-state index contributed by atoms with van der Waals surface area (Å²) >= 11 is 5.95. The normalized spacial score (nSPS) is 10.6. The van der Waals surface area contributed by atoms with Gasteiger partial charge in [-0.05, 0) is 36.8 Å². The molecule has 0 fully saturated rings. The minimum atomic E-state index is -0.303. The van der Waals surface area contributed by atoms with E-state index in [1.807, 2.05) is 6.92 Å². The fourth-order valence-corrected chi connectivity index (χ4v) is 2.37. The van der Waals surface area contributed by atoms with Gasteiger partial charge < -0.3 is 10.1 Å². The zero-order valence-corrected chi connectivity index (χ0v) is 15.3. The molecule has 0 saturated carbocycles. The van der Waals surface area contributed by atoms with E-state index in [0.29, 0.717) is 16.6 Å². The first-order valence-corrected chi connectivity index (χ1v) is 8.49. The molecule has 0 aliphatic heterocycles. The molecule has 1 amide bonds. The average molecular weight is 389 g/mol. The highest BCUT2D eigenvalue weighted by Crippen LogP contribution is 2.20. The Kier molecular flexibility index (Phi) is 5.82. The maximum absolute atomic E-state index is 11.9. The smallest absolute Gasteiger partial charge is 0.266 e. The second-order valence-corrected chi connectivity index (χ2v) is 6.05. The zero-order chi connectivity index (χ0) is 19.2. The van der Waals surface area contributed by atoms with Crippen molar-refractivity contribution >= 4 is 17.5 Å². The predicted octanol–water partition coefficient (Wildman–Crippen LogP) is 0.981. The molecule has 27 heavy (non-hydrogen) atoms. The van der Waals surface area contributed by atoms with Gasteiger partial charge in [0.2, 0.25) is 0 Å². The standard InChI is InChI=1S/C17H17ClN6O3/c1-12-8-13(2-3-14(12)18)27-9-16(25)20-6-7-23-17(26)5-4-15(22-23)24-11-19-10-21-24/h2-5,8,10-11H,6-7,9H2,1H3,(H,20,25). The van der Waals surface area contributed by atoms with E-state index >= 15 is 0 Å². The SMILES string of the molecule is Cc1cc(OCC(=O)NCCn2nc(-n3cncn3)ccc2=O)ccc1Cl. The molecule has 0 radical (unpaired) electrons. The molecule has 2 aromatic heterocycles. The van der Waals surface area contributed by atoms with Gasteiger partial charge in [-0.15, -0.1) is 5.10 Å². The lowest BCUT2D eigenvalue weighted by Crippen LogP contribution is -2.34. The number of halogens is 1. The van der Waals surface area contributed by atoms with Gasteiger partial charge in [-0.3, -0.25) is 9.59 Å². The molecule has 10 heteroatoms. The van der Waals surface area contributed by atoms with Crippen molar-refractivity contribution < 1.29 is 9.53 Å². The van der Waals surface area contributed by atoms with Crippen molar-refractivity contribution in [1.82, 2.24) is 29.9 Å². The van der Waals surface area contributed by atoms with Gasteiger partial charge >= 0.3 is 0 Å². The number of benzene rings is 1. The second kappa shape index (κ2) is 8.45. The summed E-state index contributed by atoms with van der Waals surface area (Å²) in [6.07, 6.45) is 2.86. The van der Waals surface area contributed by atoms with Crippen molar-refractivity contribution in [3.05, 3.63) is 63.9 Å². The first-order chi connectivity index (χ1) is 13.0. The van der Waals surface area contributed by atoms with E-state index in [9.17, 15) is 9.59 Å².